The Morgan fingerprint density at radius 2 is 0.674 bits per heavy atom. The third-order valence-electron chi connectivity index (χ3n) is 6.94. The molecular weight excluding hydrogens is 668 g/mol. The fourth-order valence-electron chi connectivity index (χ4n) is 4.91. The molecule has 16 heteroatoms. The summed E-state index contributed by atoms with van der Waals surface area (Å²) in [5, 5.41) is 0. The van der Waals surface area contributed by atoms with Gasteiger partial charge in [-0.1, -0.05) is 84.9 Å². The van der Waals surface area contributed by atoms with Crippen LogP contribution in [-0.2, 0) is 19.6 Å². The third kappa shape index (κ3) is 5.06. The van der Waals surface area contributed by atoms with E-state index in [9.17, 15) is 0 Å². The molecule has 5 rings (SSSR count). The Morgan fingerprint density at radius 3 is 0.978 bits per heavy atom. The normalized spacial score (nSPS) is 16.2. The largest absolute Gasteiger partial charge is 0.453 e. The molecule has 0 amide bonds. The first kappa shape index (κ1) is 33.5. The Hall–Kier alpha value is -3.89. The van der Waals surface area contributed by atoms with Crippen LogP contribution in [0.2, 0.25) is 0 Å². The minimum Gasteiger partial charge on any atom is -0.453 e. The molecule has 0 saturated carbocycles. The molecule has 0 fully saturated rings. The van der Waals surface area contributed by atoms with E-state index in [1.807, 2.05) is 0 Å². The molecule has 46 heavy (non-hydrogen) atoms. The number of fused-ring (bicyclic) bond motifs is 2. The molecule has 3 nitrogen and oxygen atoms in total. The zero-order chi connectivity index (χ0) is 33.8. The molecule has 0 bridgehead atoms. The Labute approximate surface area is 254 Å². The fraction of sp³-hybridized carbons (Fsp3) is 0.200. The average molecular weight is 687 g/mol. The molecule has 0 aromatic heterocycles. The summed E-state index contributed by atoms with van der Waals surface area (Å²) in [5.74, 6) is -1.40. The molecule has 1 heterocycles. The predicted octanol–water partition coefficient (Wildman–Crippen LogP) is 10.9. The lowest BCUT2D eigenvalue weighted by molar-refractivity contribution is -0.377. The van der Waals surface area contributed by atoms with Crippen LogP contribution in [-0.4, -0.2) is 24.7 Å². The van der Waals surface area contributed by atoms with E-state index in [1.54, 1.807) is 0 Å². The Kier molecular flexibility index (Phi) is 8.09. The maximum absolute atomic E-state index is 15.1. The third-order valence-corrected chi connectivity index (χ3v) is 9.74. The van der Waals surface area contributed by atoms with Gasteiger partial charge in [-0.25, -0.2) is 8.37 Å². The second kappa shape index (κ2) is 11.1. The minimum absolute atomic E-state index is 0.337. The van der Waals surface area contributed by atoms with E-state index in [-0.39, 0.29) is 0 Å². The highest BCUT2D eigenvalue weighted by Gasteiger charge is 2.79. The van der Waals surface area contributed by atoms with E-state index < -0.39 is 78.9 Å². The summed E-state index contributed by atoms with van der Waals surface area (Å²) in [6.45, 7) is 0. The summed E-state index contributed by atoms with van der Waals surface area (Å²) in [4.78, 5) is -2.12. The molecule has 4 aromatic carbocycles. The van der Waals surface area contributed by atoms with Crippen LogP contribution in [0.5, 0.6) is 11.5 Å². The van der Waals surface area contributed by atoms with Crippen LogP contribution in [0.15, 0.2) is 119 Å². The van der Waals surface area contributed by atoms with Gasteiger partial charge in [-0.15, -0.1) is 10.6 Å². The van der Waals surface area contributed by atoms with E-state index in [0.717, 1.165) is 72.8 Å². The molecule has 0 N–H and O–H groups in total. The fourth-order valence-corrected chi connectivity index (χ4v) is 8.07. The van der Waals surface area contributed by atoms with E-state index in [1.165, 1.54) is 0 Å². The van der Waals surface area contributed by atoms with E-state index in [4.69, 9.17) is 13.1 Å². The number of para-hydroxylation sites is 2. The maximum Gasteiger partial charge on any atom is 0.433 e. The van der Waals surface area contributed by atoms with Crippen LogP contribution in [0.25, 0.3) is 0 Å². The average Bonchev–Trinajstić information content (AvgIpc) is 2.97. The van der Waals surface area contributed by atoms with Gasteiger partial charge in [0.15, 0.2) is 11.5 Å². The Balaban J connectivity index is 2.00. The lowest BCUT2D eigenvalue weighted by Crippen LogP contribution is -2.59. The van der Waals surface area contributed by atoms with Gasteiger partial charge in [-0.2, -0.15) is 52.7 Å². The zero-order valence-corrected chi connectivity index (χ0v) is 23.4. The molecule has 0 radical (unpaired) electrons. The van der Waals surface area contributed by atoms with Gasteiger partial charge < -0.3 is 4.74 Å². The van der Waals surface area contributed by atoms with Gasteiger partial charge in [0.05, 0.1) is 0 Å². The number of alkyl halides is 12. The van der Waals surface area contributed by atoms with Crippen LogP contribution < -0.4 is 4.74 Å². The van der Waals surface area contributed by atoms with Gasteiger partial charge in [0.25, 0.3) is 0 Å². The van der Waals surface area contributed by atoms with Crippen molar-refractivity contribution in [1.82, 2.24) is 0 Å². The minimum atomic E-state index is -6.54. The van der Waals surface area contributed by atoms with Crippen LogP contribution >= 0.6 is 10.6 Å². The summed E-state index contributed by atoms with van der Waals surface area (Å²) in [7, 11) is -5.67. The van der Waals surface area contributed by atoms with Crippen molar-refractivity contribution >= 4 is 10.6 Å². The van der Waals surface area contributed by atoms with Crippen molar-refractivity contribution in [3.63, 3.8) is 0 Å². The second-order valence-electron chi connectivity index (χ2n) is 9.75. The van der Waals surface area contributed by atoms with E-state index in [0.29, 0.717) is 36.4 Å². The molecule has 4 aromatic rings. The van der Waals surface area contributed by atoms with Gasteiger partial charge in [0.2, 0.25) is 0 Å². The van der Waals surface area contributed by atoms with Gasteiger partial charge in [0.1, 0.15) is 9.79 Å². The van der Waals surface area contributed by atoms with Crippen LogP contribution in [0.1, 0.15) is 11.1 Å². The Morgan fingerprint density at radius 1 is 0.391 bits per heavy atom. The summed E-state index contributed by atoms with van der Waals surface area (Å²) in [5.41, 5.74) is -14.4. The molecule has 0 aliphatic carbocycles. The van der Waals surface area contributed by atoms with Crippen LogP contribution in [0, 0.1) is 0 Å². The summed E-state index contributed by atoms with van der Waals surface area (Å²) < 4.78 is 197. The standard InChI is InChI=1S/C30H18F12O3S/c31-27(32,33)25(28(34,35)36,19-11-3-1-4-12-19)44-46(23-17-9-7-15-21(23)43-22-16-8-10-18-24(22)46)45-26(29(37,38)39,30(40,41)42)20-13-5-2-6-14-20/h1-18H. The van der Waals surface area contributed by atoms with Crippen molar-refractivity contribution in [2.24, 2.45) is 0 Å². The first-order chi connectivity index (χ1) is 21.3. The van der Waals surface area contributed by atoms with Crippen LogP contribution in [0.3, 0.4) is 0 Å². The smallest absolute Gasteiger partial charge is 0.433 e. The lowest BCUT2D eigenvalue weighted by atomic mass is 9.92. The number of hydrogen-bond donors (Lipinski definition) is 0. The van der Waals surface area contributed by atoms with Crippen molar-refractivity contribution in [2.75, 3.05) is 0 Å². The molecule has 0 atom stereocenters. The monoisotopic (exact) mass is 686 g/mol. The van der Waals surface area contributed by atoms with E-state index >= 15 is 52.7 Å². The summed E-state index contributed by atoms with van der Waals surface area (Å²) in [6.07, 6.45) is -26.2. The zero-order valence-electron chi connectivity index (χ0n) is 22.6. The van der Waals surface area contributed by atoms with E-state index in [2.05, 4.69) is 0 Å². The highest BCUT2D eigenvalue weighted by molar-refractivity contribution is 8.26. The molecule has 246 valence electrons. The van der Waals surface area contributed by atoms with Gasteiger partial charge in [-0.05, 0) is 24.3 Å². The number of benzene rings is 4. The number of hydrogen-bond acceptors (Lipinski definition) is 3. The summed E-state index contributed by atoms with van der Waals surface area (Å²) >= 11 is 0. The number of ether oxygens (including phenoxy) is 1. The summed E-state index contributed by atoms with van der Waals surface area (Å²) in [6, 6.07) is 13.9. The predicted molar refractivity (Wildman–Crippen MR) is 140 cm³/mol. The number of halogens is 12. The van der Waals surface area contributed by atoms with Gasteiger partial charge in [-0.3, -0.25) is 0 Å². The van der Waals surface area contributed by atoms with Gasteiger partial charge in [0, 0.05) is 11.1 Å². The topological polar surface area (TPSA) is 27.7 Å². The molecule has 1 aliphatic rings. The SMILES string of the molecule is FC(F)(F)C(OS1(OC(c2ccccc2)(C(F)(F)F)C(F)(F)F)c2ccccc2Oc2ccccc21)(c1ccccc1)C(F)(F)F. The Bertz CT molecular complexity index is 1530. The van der Waals surface area contributed by atoms with Gasteiger partial charge >= 0.3 is 35.9 Å². The van der Waals surface area contributed by atoms with Crippen molar-refractivity contribution in [3.8, 4) is 11.5 Å². The van der Waals surface area contributed by atoms with Crippen molar-refractivity contribution in [3.05, 3.63) is 120 Å². The highest BCUT2D eigenvalue weighted by atomic mass is 32.3. The molecule has 1 aliphatic heterocycles. The quantitative estimate of drug-likeness (QED) is 0.189. The first-order valence-electron chi connectivity index (χ1n) is 12.8. The molecule has 0 saturated heterocycles. The molecule has 0 unspecified atom stereocenters. The van der Waals surface area contributed by atoms with Crippen molar-refractivity contribution in [2.45, 2.75) is 45.7 Å². The number of rotatable bonds is 6. The van der Waals surface area contributed by atoms with Crippen molar-refractivity contribution in [1.29, 1.82) is 0 Å². The molecular formula is C30H18F12O3S. The second-order valence-corrected chi connectivity index (χ2v) is 12.0. The van der Waals surface area contributed by atoms with Crippen LogP contribution in [0.4, 0.5) is 52.7 Å². The lowest BCUT2D eigenvalue weighted by Gasteiger charge is -2.55. The highest BCUT2D eigenvalue weighted by Crippen LogP contribution is 2.79. The maximum atomic E-state index is 15.1. The molecule has 0 spiro atoms. The van der Waals surface area contributed by atoms with Crippen molar-refractivity contribution < 1.29 is 65.8 Å². The first-order valence-corrected chi connectivity index (χ1v) is 14.3.